The molecule has 5 nitrogen and oxygen atoms in total. The van der Waals surface area contributed by atoms with Crippen molar-refractivity contribution in [2.75, 3.05) is 57.9 Å². The van der Waals surface area contributed by atoms with Crippen molar-refractivity contribution < 1.29 is 4.74 Å². The molecule has 0 amide bonds. The van der Waals surface area contributed by atoms with Gasteiger partial charge < -0.3 is 15.4 Å². The third-order valence-corrected chi connectivity index (χ3v) is 5.52. The third-order valence-electron chi connectivity index (χ3n) is 4.58. The number of rotatable bonds is 10. The third kappa shape index (κ3) is 8.30. The van der Waals surface area contributed by atoms with E-state index in [0.717, 1.165) is 56.8 Å². The van der Waals surface area contributed by atoms with E-state index in [-0.39, 0.29) is 6.04 Å². The lowest BCUT2D eigenvalue weighted by molar-refractivity contribution is 0.0180. The van der Waals surface area contributed by atoms with E-state index in [1.807, 2.05) is 23.9 Å². The first-order valence-electron chi connectivity index (χ1n) is 9.83. The number of morpholine rings is 1. The predicted molar refractivity (Wildman–Crippen MR) is 118 cm³/mol. The molecule has 1 aromatic carbocycles. The lowest BCUT2D eigenvalue weighted by Crippen LogP contribution is -2.42. The van der Waals surface area contributed by atoms with Crippen LogP contribution in [0, 0.1) is 0 Å². The van der Waals surface area contributed by atoms with Gasteiger partial charge in [0.05, 0.1) is 25.8 Å². The topological polar surface area (TPSA) is 48.9 Å². The van der Waals surface area contributed by atoms with Crippen molar-refractivity contribution in [3.05, 3.63) is 34.9 Å². The molecule has 1 heterocycles. The number of ether oxygens (including phenoxy) is 1. The molecule has 2 N–H and O–H groups in total. The van der Waals surface area contributed by atoms with E-state index in [9.17, 15) is 0 Å². The quantitative estimate of drug-likeness (QED) is 0.350. The van der Waals surface area contributed by atoms with Crippen molar-refractivity contribution in [1.29, 1.82) is 0 Å². The van der Waals surface area contributed by atoms with Gasteiger partial charge in [0.2, 0.25) is 0 Å². The summed E-state index contributed by atoms with van der Waals surface area (Å²) in [5, 5.41) is 7.59. The van der Waals surface area contributed by atoms with Gasteiger partial charge in [-0.1, -0.05) is 23.7 Å². The Balaban J connectivity index is 2.01. The molecule has 1 unspecified atom stereocenters. The fraction of sp³-hybridized carbons (Fsp3) is 0.650. The molecule has 1 atom stereocenters. The van der Waals surface area contributed by atoms with E-state index in [1.165, 1.54) is 17.7 Å². The van der Waals surface area contributed by atoms with E-state index in [4.69, 9.17) is 21.3 Å². The summed E-state index contributed by atoms with van der Waals surface area (Å²) in [5.74, 6) is 2.11. The van der Waals surface area contributed by atoms with Crippen molar-refractivity contribution in [2.24, 2.45) is 4.99 Å². The van der Waals surface area contributed by atoms with Gasteiger partial charge in [-0.15, -0.1) is 0 Å². The highest BCUT2D eigenvalue weighted by atomic mass is 35.5. The standard InChI is InChI=1S/C20H33ClN4OS/c1-3-22-20(23-10-4-5-15-27-2)24-16-19(25-11-13-26-14-12-25)17-6-8-18(21)9-7-17/h6-9,19H,3-5,10-16H2,1-2H3,(H2,22,23,24). The summed E-state index contributed by atoms with van der Waals surface area (Å²) >= 11 is 7.98. The Morgan fingerprint density at radius 3 is 2.63 bits per heavy atom. The summed E-state index contributed by atoms with van der Waals surface area (Å²) in [6, 6.07) is 8.38. The molecule has 1 aliphatic heterocycles. The zero-order valence-corrected chi connectivity index (χ0v) is 18.1. The van der Waals surface area contributed by atoms with Crippen LogP contribution in [0.15, 0.2) is 29.3 Å². The molecule has 0 aliphatic carbocycles. The predicted octanol–water partition coefficient (Wildman–Crippen LogP) is 3.41. The van der Waals surface area contributed by atoms with Crippen molar-refractivity contribution in [2.45, 2.75) is 25.8 Å². The zero-order valence-electron chi connectivity index (χ0n) is 16.5. The highest BCUT2D eigenvalue weighted by Gasteiger charge is 2.22. The van der Waals surface area contributed by atoms with Crippen molar-refractivity contribution in [3.63, 3.8) is 0 Å². The number of guanidine groups is 1. The van der Waals surface area contributed by atoms with Crippen molar-refractivity contribution in [1.82, 2.24) is 15.5 Å². The SMILES string of the molecule is CCNC(=NCC(c1ccc(Cl)cc1)N1CCOCC1)NCCCCSC. The first kappa shape index (κ1) is 22.3. The van der Waals surface area contributed by atoms with Crippen molar-refractivity contribution >= 4 is 29.3 Å². The minimum absolute atomic E-state index is 0.234. The summed E-state index contributed by atoms with van der Waals surface area (Å²) in [5.41, 5.74) is 1.25. The largest absolute Gasteiger partial charge is 0.379 e. The summed E-state index contributed by atoms with van der Waals surface area (Å²) in [7, 11) is 0. The monoisotopic (exact) mass is 412 g/mol. The first-order valence-corrected chi connectivity index (χ1v) is 11.6. The van der Waals surface area contributed by atoms with Gasteiger partial charge in [0.25, 0.3) is 0 Å². The fourth-order valence-corrected chi connectivity index (χ4v) is 3.72. The number of hydrogen-bond acceptors (Lipinski definition) is 4. The smallest absolute Gasteiger partial charge is 0.191 e. The van der Waals surface area contributed by atoms with Gasteiger partial charge in [-0.3, -0.25) is 9.89 Å². The van der Waals surface area contributed by atoms with Gasteiger partial charge in [0, 0.05) is 31.2 Å². The van der Waals surface area contributed by atoms with Crippen LogP contribution in [0.4, 0.5) is 0 Å². The average molecular weight is 413 g/mol. The Morgan fingerprint density at radius 1 is 1.22 bits per heavy atom. The van der Waals surface area contributed by atoms with Crippen molar-refractivity contribution in [3.8, 4) is 0 Å². The number of thioether (sulfide) groups is 1. The van der Waals surface area contributed by atoms with Gasteiger partial charge in [0.1, 0.15) is 0 Å². The summed E-state index contributed by atoms with van der Waals surface area (Å²) < 4.78 is 5.53. The molecule has 0 saturated carbocycles. The minimum atomic E-state index is 0.234. The molecule has 0 bridgehead atoms. The van der Waals surface area contributed by atoms with Gasteiger partial charge in [0.15, 0.2) is 5.96 Å². The molecule has 152 valence electrons. The van der Waals surface area contributed by atoms with Crippen LogP contribution in [0.1, 0.15) is 31.4 Å². The molecule has 0 spiro atoms. The van der Waals surface area contributed by atoms with E-state index in [0.29, 0.717) is 6.54 Å². The van der Waals surface area contributed by atoms with E-state index >= 15 is 0 Å². The van der Waals surface area contributed by atoms with Crippen LogP contribution in [-0.4, -0.2) is 68.8 Å². The Labute approximate surface area is 173 Å². The molecule has 0 radical (unpaired) electrons. The highest BCUT2D eigenvalue weighted by molar-refractivity contribution is 7.98. The van der Waals surface area contributed by atoms with Gasteiger partial charge in [-0.05, 0) is 49.5 Å². The summed E-state index contributed by atoms with van der Waals surface area (Å²) in [6.07, 6.45) is 4.55. The molecular weight excluding hydrogens is 380 g/mol. The Bertz CT molecular complexity index is 549. The molecule has 7 heteroatoms. The number of halogens is 1. The van der Waals surface area contributed by atoms with Crippen LogP contribution in [-0.2, 0) is 4.74 Å². The molecule has 1 aliphatic rings. The maximum atomic E-state index is 6.08. The van der Waals surface area contributed by atoms with Crippen LogP contribution >= 0.6 is 23.4 Å². The lowest BCUT2D eigenvalue weighted by Gasteiger charge is -2.34. The Hall–Kier alpha value is -0.950. The Kier molecular flexibility index (Phi) is 11.0. The van der Waals surface area contributed by atoms with Crippen LogP contribution < -0.4 is 10.6 Å². The zero-order chi connectivity index (χ0) is 19.3. The molecule has 27 heavy (non-hydrogen) atoms. The minimum Gasteiger partial charge on any atom is -0.379 e. The van der Waals surface area contributed by atoms with E-state index < -0.39 is 0 Å². The summed E-state index contributed by atoms with van der Waals surface area (Å²) in [4.78, 5) is 7.34. The van der Waals surface area contributed by atoms with Gasteiger partial charge in [-0.25, -0.2) is 0 Å². The molecule has 2 rings (SSSR count). The Morgan fingerprint density at radius 2 is 1.96 bits per heavy atom. The fourth-order valence-electron chi connectivity index (χ4n) is 3.10. The molecule has 1 fully saturated rings. The van der Waals surface area contributed by atoms with E-state index in [2.05, 4.69) is 40.8 Å². The van der Waals surface area contributed by atoms with Crippen LogP contribution in [0.3, 0.4) is 0 Å². The maximum Gasteiger partial charge on any atom is 0.191 e. The molecule has 1 saturated heterocycles. The van der Waals surface area contributed by atoms with Crippen LogP contribution in [0.5, 0.6) is 0 Å². The first-order chi connectivity index (χ1) is 13.2. The lowest BCUT2D eigenvalue weighted by atomic mass is 10.0. The highest BCUT2D eigenvalue weighted by Crippen LogP contribution is 2.24. The van der Waals surface area contributed by atoms with Gasteiger partial charge in [-0.2, -0.15) is 11.8 Å². The number of nitrogens with zero attached hydrogens (tertiary/aromatic N) is 2. The van der Waals surface area contributed by atoms with E-state index in [1.54, 1.807) is 0 Å². The molecule has 1 aromatic rings. The summed E-state index contributed by atoms with van der Waals surface area (Å²) in [6.45, 7) is 8.05. The number of aliphatic imine (C=N–C) groups is 1. The maximum absolute atomic E-state index is 6.08. The second-order valence-electron chi connectivity index (χ2n) is 6.56. The second-order valence-corrected chi connectivity index (χ2v) is 7.98. The number of unbranched alkanes of at least 4 members (excludes halogenated alkanes) is 1. The molecule has 0 aromatic heterocycles. The average Bonchev–Trinajstić information content (AvgIpc) is 2.70. The molecular formula is C20H33ClN4OS. The normalized spacial score (nSPS) is 16.9. The number of nitrogens with one attached hydrogen (secondary N) is 2. The number of benzene rings is 1. The van der Waals surface area contributed by atoms with Crippen LogP contribution in [0.2, 0.25) is 5.02 Å². The second kappa shape index (κ2) is 13.3. The van der Waals surface area contributed by atoms with Crippen LogP contribution in [0.25, 0.3) is 0 Å². The van der Waals surface area contributed by atoms with Gasteiger partial charge >= 0.3 is 0 Å². The number of hydrogen-bond donors (Lipinski definition) is 2.